The van der Waals surface area contributed by atoms with Crippen LogP contribution in [-0.4, -0.2) is 37.9 Å². The molecule has 0 saturated heterocycles. The van der Waals surface area contributed by atoms with Crippen LogP contribution in [0.4, 0.5) is 0 Å². The highest BCUT2D eigenvalue weighted by Crippen LogP contribution is 2.09. The molecule has 0 spiro atoms. The molecular formula is C13H19N3. The van der Waals surface area contributed by atoms with Crippen LogP contribution in [0.25, 0.3) is 0 Å². The Morgan fingerprint density at radius 3 is 2.94 bits per heavy atom. The second-order valence-corrected chi connectivity index (χ2v) is 4.45. The summed E-state index contributed by atoms with van der Waals surface area (Å²) in [7, 11) is 4.17. The summed E-state index contributed by atoms with van der Waals surface area (Å²) in [6, 6.07) is 8.60. The zero-order valence-corrected chi connectivity index (χ0v) is 10.0. The van der Waals surface area contributed by atoms with Gasteiger partial charge in [0, 0.05) is 25.2 Å². The molecule has 0 fully saturated rings. The minimum Gasteiger partial charge on any atom is -0.370 e. The number of rotatable bonds is 3. The molecule has 0 radical (unpaired) electrons. The summed E-state index contributed by atoms with van der Waals surface area (Å²) in [4.78, 5) is 6.69. The summed E-state index contributed by atoms with van der Waals surface area (Å²) in [5.74, 6) is 1.05. The van der Waals surface area contributed by atoms with Crippen molar-refractivity contribution >= 4 is 5.84 Å². The van der Waals surface area contributed by atoms with Crippen molar-refractivity contribution in [2.24, 2.45) is 4.99 Å². The SMILES string of the molecule is CN(C)Cc1cccc(C2=NCCCN2)c1. The van der Waals surface area contributed by atoms with Crippen molar-refractivity contribution in [3.8, 4) is 0 Å². The highest BCUT2D eigenvalue weighted by Gasteiger charge is 2.07. The Hall–Kier alpha value is -1.35. The largest absolute Gasteiger partial charge is 0.370 e. The summed E-state index contributed by atoms with van der Waals surface area (Å²) in [6.07, 6.45) is 1.14. The van der Waals surface area contributed by atoms with E-state index in [0.29, 0.717) is 0 Å². The van der Waals surface area contributed by atoms with Crippen molar-refractivity contribution in [3.05, 3.63) is 35.4 Å². The Morgan fingerprint density at radius 2 is 2.25 bits per heavy atom. The Labute approximate surface area is 97.2 Å². The van der Waals surface area contributed by atoms with E-state index in [1.807, 2.05) is 0 Å². The Bertz CT molecular complexity index is 383. The smallest absolute Gasteiger partial charge is 0.128 e. The topological polar surface area (TPSA) is 27.6 Å². The fraction of sp³-hybridized carbons (Fsp3) is 0.462. The van der Waals surface area contributed by atoms with E-state index < -0.39 is 0 Å². The summed E-state index contributed by atoms with van der Waals surface area (Å²) in [5.41, 5.74) is 2.54. The average Bonchev–Trinajstić information content (AvgIpc) is 2.30. The maximum absolute atomic E-state index is 4.51. The van der Waals surface area contributed by atoms with Crippen molar-refractivity contribution < 1.29 is 0 Å². The van der Waals surface area contributed by atoms with Crippen LogP contribution in [0, 0.1) is 0 Å². The van der Waals surface area contributed by atoms with Crippen LogP contribution in [0.2, 0.25) is 0 Å². The van der Waals surface area contributed by atoms with Gasteiger partial charge in [0.05, 0.1) is 0 Å². The van der Waals surface area contributed by atoms with Gasteiger partial charge >= 0.3 is 0 Å². The van der Waals surface area contributed by atoms with Gasteiger partial charge < -0.3 is 10.2 Å². The van der Waals surface area contributed by atoms with Crippen LogP contribution in [0.1, 0.15) is 17.5 Å². The molecule has 3 nitrogen and oxygen atoms in total. The van der Waals surface area contributed by atoms with Gasteiger partial charge in [-0.25, -0.2) is 0 Å². The summed E-state index contributed by atoms with van der Waals surface area (Å²) in [5, 5.41) is 3.35. The van der Waals surface area contributed by atoms with Gasteiger partial charge in [-0.15, -0.1) is 0 Å². The highest BCUT2D eigenvalue weighted by molar-refractivity contribution is 5.99. The van der Waals surface area contributed by atoms with Gasteiger partial charge in [-0.3, -0.25) is 4.99 Å². The van der Waals surface area contributed by atoms with E-state index in [-0.39, 0.29) is 0 Å². The summed E-state index contributed by atoms with van der Waals surface area (Å²) >= 11 is 0. The van der Waals surface area contributed by atoms with E-state index in [0.717, 1.165) is 31.9 Å². The van der Waals surface area contributed by atoms with Crippen molar-refractivity contribution in [1.29, 1.82) is 0 Å². The third-order valence-electron chi connectivity index (χ3n) is 2.60. The van der Waals surface area contributed by atoms with Crippen LogP contribution in [0.5, 0.6) is 0 Å². The normalized spacial score (nSPS) is 15.8. The van der Waals surface area contributed by atoms with E-state index in [2.05, 4.69) is 53.6 Å². The molecule has 0 amide bonds. The monoisotopic (exact) mass is 217 g/mol. The molecule has 0 unspecified atom stereocenters. The number of hydrogen-bond acceptors (Lipinski definition) is 3. The zero-order chi connectivity index (χ0) is 11.4. The lowest BCUT2D eigenvalue weighted by Crippen LogP contribution is -2.30. The fourth-order valence-electron chi connectivity index (χ4n) is 1.91. The zero-order valence-electron chi connectivity index (χ0n) is 10.0. The number of hydrogen-bond donors (Lipinski definition) is 1. The molecule has 0 aliphatic carbocycles. The lowest BCUT2D eigenvalue weighted by atomic mass is 10.1. The average molecular weight is 217 g/mol. The first-order chi connectivity index (χ1) is 7.75. The van der Waals surface area contributed by atoms with Gasteiger partial charge in [-0.05, 0) is 32.1 Å². The Balaban J connectivity index is 2.18. The van der Waals surface area contributed by atoms with Crippen molar-refractivity contribution in [2.75, 3.05) is 27.2 Å². The molecule has 1 N–H and O–H groups in total. The van der Waals surface area contributed by atoms with E-state index in [4.69, 9.17) is 0 Å². The first-order valence-corrected chi connectivity index (χ1v) is 5.78. The predicted molar refractivity (Wildman–Crippen MR) is 67.9 cm³/mol. The van der Waals surface area contributed by atoms with E-state index in [1.165, 1.54) is 11.1 Å². The Kier molecular flexibility index (Phi) is 3.57. The first kappa shape index (κ1) is 11.1. The van der Waals surface area contributed by atoms with Crippen LogP contribution in [0.15, 0.2) is 29.3 Å². The molecule has 0 aromatic heterocycles. The molecular weight excluding hydrogens is 198 g/mol. The van der Waals surface area contributed by atoms with Crippen LogP contribution >= 0.6 is 0 Å². The van der Waals surface area contributed by atoms with Gasteiger partial charge in [0.15, 0.2) is 0 Å². The van der Waals surface area contributed by atoms with Crippen LogP contribution < -0.4 is 5.32 Å². The number of aliphatic imine (C=N–C) groups is 1. The lowest BCUT2D eigenvalue weighted by Gasteiger charge is -2.16. The maximum Gasteiger partial charge on any atom is 0.128 e. The second kappa shape index (κ2) is 5.12. The molecule has 86 valence electrons. The molecule has 1 aliphatic rings. The number of nitrogens with zero attached hydrogens (tertiary/aromatic N) is 2. The third kappa shape index (κ3) is 2.83. The van der Waals surface area contributed by atoms with E-state index >= 15 is 0 Å². The Morgan fingerprint density at radius 1 is 1.38 bits per heavy atom. The maximum atomic E-state index is 4.51. The minimum atomic E-state index is 0.945. The molecule has 1 aromatic rings. The molecule has 0 atom stereocenters. The van der Waals surface area contributed by atoms with E-state index in [1.54, 1.807) is 0 Å². The quantitative estimate of drug-likeness (QED) is 0.830. The number of nitrogens with one attached hydrogen (secondary N) is 1. The minimum absolute atomic E-state index is 0.945. The lowest BCUT2D eigenvalue weighted by molar-refractivity contribution is 0.402. The van der Waals surface area contributed by atoms with Crippen LogP contribution in [-0.2, 0) is 6.54 Å². The van der Waals surface area contributed by atoms with Crippen molar-refractivity contribution in [2.45, 2.75) is 13.0 Å². The van der Waals surface area contributed by atoms with Gasteiger partial charge in [0.2, 0.25) is 0 Å². The molecule has 16 heavy (non-hydrogen) atoms. The molecule has 1 aliphatic heterocycles. The second-order valence-electron chi connectivity index (χ2n) is 4.45. The highest BCUT2D eigenvalue weighted by atomic mass is 15.0. The molecule has 0 saturated carbocycles. The molecule has 1 heterocycles. The number of benzene rings is 1. The molecule has 0 bridgehead atoms. The predicted octanol–water partition coefficient (Wildman–Crippen LogP) is 1.49. The van der Waals surface area contributed by atoms with Crippen molar-refractivity contribution in [1.82, 2.24) is 10.2 Å². The summed E-state index contributed by atoms with van der Waals surface area (Å²) in [6.45, 7) is 2.96. The van der Waals surface area contributed by atoms with Gasteiger partial charge in [-0.2, -0.15) is 0 Å². The molecule has 2 rings (SSSR count). The van der Waals surface area contributed by atoms with Gasteiger partial charge in [-0.1, -0.05) is 18.2 Å². The summed E-state index contributed by atoms with van der Waals surface area (Å²) < 4.78 is 0. The molecule has 1 aromatic carbocycles. The van der Waals surface area contributed by atoms with Gasteiger partial charge in [0.1, 0.15) is 5.84 Å². The number of amidine groups is 1. The fourth-order valence-corrected chi connectivity index (χ4v) is 1.91. The third-order valence-corrected chi connectivity index (χ3v) is 2.60. The van der Waals surface area contributed by atoms with Crippen LogP contribution in [0.3, 0.4) is 0 Å². The van der Waals surface area contributed by atoms with Gasteiger partial charge in [0.25, 0.3) is 0 Å². The standard InChI is InChI=1S/C13H19N3/c1-16(2)10-11-5-3-6-12(9-11)13-14-7-4-8-15-13/h3,5-6,9H,4,7-8,10H2,1-2H3,(H,14,15). The van der Waals surface area contributed by atoms with E-state index in [9.17, 15) is 0 Å². The van der Waals surface area contributed by atoms with Crippen molar-refractivity contribution in [3.63, 3.8) is 0 Å². The first-order valence-electron chi connectivity index (χ1n) is 5.78. The molecule has 3 heteroatoms.